The van der Waals surface area contributed by atoms with Crippen LogP contribution in [0.4, 0.5) is 0 Å². The van der Waals surface area contributed by atoms with Gasteiger partial charge in [0.15, 0.2) is 0 Å². The number of likely N-dealkylation sites (N-methyl/N-ethyl adjacent to an activating group) is 1. The lowest BCUT2D eigenvalue weighted by molar-refractivity contribution is -0.133. The van der Waals surface area contributed by atoms with Gasteiger partial charge in [-0.1, -0.05) is 20.8 Å². The van der Waals surface area contributed by atoms with Crippen molar-refractivity contribution in [1.29, 1.82) is 0 Å². The summed E-state index contributed by atoms with van der Waals surface area (Å²) in [5, 5.41) is 0. The number of carbonyl (C=O) groups excluding carboxylic acids is 1. The van der Waals surface area contributed by atoms with Gasteiger partial charge in [-0.15, -0.1) is 0 Å². The average molecular weight is 298 g/mol. The Kier molecular flexibility index (Phi) is 7.10. The molecule has 21 heavy (non-hydrogen) atoms. The molecule has 1 aliphatic heterocycles. The smallest absolute Gasteiger partial charge is 0.224 e. The van der Waals surface area contributed by atoms with E-state index in [0.717, 1.165) is 45.7 Å². The molecule has 1 fully saturated rings. The lowest BCUT2D eigenvalue weighted by atomic mass is 9.87. The molecule has 5 nitrogen and oxygen atoms in total. The van der Waals surface area contributed by atoms with E-state index in [2.05, 4.69) is 44.7 Å². The third-order valence-electron chi connectivity index (χ3n) is 3.90. The summed E-state index contributed by atoms with van der Waals surface area (Å²) in [6, 6.07) is -0.0238. The summed E-state index contributed by atoms with van der Waals surface area (Å²) in [5.41, 5.74) is 6.30. The van der Waals surface area contributed by atoms with Gasteiger partial charge < -0.3 is 15.5 Å². The minimum Gasteiger partial charge on any atom is -0.340 e. The summed E-state index contributed by atoms with van der Waals surface area (Å²) >= 11 is 0. The van der Waals surface area contributed by atoms with Gasteiger partial charge in [-0.2, -0.15) is 0 Å². The fourth-order valence-corrected chi connectivity index (χ4v) is 2.77. The van der Waals surface area contributed by atoms with Crippen molar-refractivity contribution in [2.75, 3.05) is 53.4 Å². The van der Waals surface area contributed by atoms with Gasteiger partial charge >= 0.3 is 0 Å². The molecule has 2 N–H and O–H groups in total. The van der Waals surface area contributed by atoms with Crippen molar-refractivity contribution < 1.29 is 4.79 Å². The highest BCUT2D eigenvalue weighted by Crippen LogP contribution is 2.21. The first-order valence-electron chi connectivity index (χ1n) is 8.08. The van der Waals surface area contributed by atoms with Crippen molar-refractivity contribution in [3.63, 3.8) is 0 Å². The van der Waals surface area contributed by atoms with E-state index in [4.69, 9.17) is 5.73 Å². The van der Waals surface area contributed by atoms with Crippen LogP contribution in [0.1, 0.15) is 33.6 Å². The molecule has 1 atom stereocenters. The Labute approximate surface area is 130 Å². The summed E-state index contributed by atoms with van der Waals surface area (Å²) in [6.45, 7) is 12.3. The minimum absolute atomic E-state index is 0.0238. The van der Waals surface area contributed by atoms with Crippen molar-refractivity contribution in [3.8, 4) is 0 Å². The van der Waals surface area contributed by atoms with E-state index in [0.29, 0.717) is 6.42 Å². The molecule has 0 saturated carbocycles. The molecule has 1 aliphatic rings. The first-order chi connectivity index (χ1) is 9.67. The quantitative estimate of drug-likeness (QED) is 0.790. The van der Waals surface area contributed by atoms with Gasteiger partial charge in [0.2, 0.25) is 5.91 Å². The number of nitrogens with zero attached hydrogens (tertiary/aromatic N) is 3. The fraction of sp³-hybridized carbons (Fsp3) is 0.938. The van der Waals surface area contributed by atoms with Gasteiger partial charge in [0.1, 0.15) is 0 Å². The fourth-order valence-electron chi connectivity index (χ4n) is 2.77. The Morgan fingerprint density at radius 2 is 1.76 bits per heavy atom. The van der Waals surface area contributed by atoms with Gasteiger partial charge in [-0.05, 0) is 25.9 Å². The highest BCUT2D eigenvalue weighted by atomic mass is 16.2. The Morgan fingerprint density at radius 3 is 2.24 bits per heavy atom. The van der Waals surface area contributed by atoms with Crippen LogP contribution in [0.2, 0.25) is 0 Å². The summed E-state index contributed by atoms with van der Waals surface area (Å²) in [7, 11) is 4.19. The zero-order chi connectivity index (χ0) is 16.0. The van der Waals surface area contributed by atoms with Crippen molar-refractivity contribution in [3.05, 3.63) is 0 Å². The molecule has 5 heteroatoms. The number of rotatable bonds is 6. The topological polar surface area (TPSA) is 52.8 Å². The third kappa shape index (κ3) is 7.79. The van der Waals surface area contributed by atoms with Crippen LogP contribution in [0.3, 0.4) is 0 Å². The summed E-state index contributed by atoms with van der Waals surface area (Å²) < 4.78 is 0. The van der Waals surface area contributed by atoms with Crippen LogP contribution in [0.15, 0.2) is 0 Å². The zero-order valence-electron chi connectivity index (χ0n) is 14.6. The van der Waals surface area contributed by atoms with Crippen molar-refractivity contribution in [2.24, 2.45) is 11.1 Å². The lowest BCUT2D eigenvalue weighted by Crippen LogP contribution is -2.50. The Morgan fingerprint density at radius 1 is 1.19 bits per heavy atom. The predicted octanol–water partition coefficient (Wildman–Crippen LogP) is 0.846. The molecule has 1 rings (SSSR count). The SMILES string of the molecule is CN(C)CCN1CCN(C(=O)CC(N)CC(C)(C)C)CC1. The highest BCUT2D eigenvalue weighted by Gasteiger charge is 2.24. The molecule has 124 valence electrons. The number of piperazine rings is 1. The second-order valence-electron chi connectivity index (χ2n) is 7.75. The standard InChI is InChI=1S/C16H34N4O/c1-16(2,3)13-14(17)12-15(21)20-10-8-19(9-11-20)7-6-18(4)5/h14H,6-13,17H2,1-5H3. The molecule has 0 radical (unpaired) electrons. The molecule has 1 saturated heterocycles. The van der Waals surface area contributed by atoms with Crippen LogP contribution in [0, 0.1) is 5.41 Å². The molecule has 0 aliphatic carbocycles. The number of hydrogen-bond donors (Lipinski definition) is 1. The molecule has 0 aromatic heterocycles. The van der Waals surface area contributed by atoms with E-state index in [9.17, 15) is 4.79 Å². The van der Waals surface area contributed by atoms with E-state index in [1.54, 1.807) is 0 Å². The normalized spacial score (nSPS) is 19.1. The van der Waals surface area contributed by atoms with Crippen LogP contribution < -0.4 is 5.73 Å². The van der Waals surface area contributed by atoms with E-state index in [1.165, 1.54) is 0 Å². The summed E-state index contributed by atoms with van der Waals surface area (Å²) in [4.78, 5) is 18.9. The average Bonchev–Trinajstić information content (AvgIpc) is 2.34. The van der Waals surface area contributed by atoms with E-state index in [1.807, 2.05) is 4.90 Å². The first-order valence-corrected chi connectivity index (χ1v) is 8.08. The maximum absolute atomic E-state index is 12.3. The Balaban J connectivity index is 2.28. The van der Waals surface area contributed by atoms with Gasteiger partial charge in [-0.25, -0.2) is 0 Å². The van der Waals surface area contributed by atoms with Crippen LogP contribution in [0.25, 0.3) is 0 Å². The first kappa shape index (κ1) is 18.4. The largest absolute Gasteiger partial charge is 0.340 e. The predicted molar refractivity (Wildman–Crippen MR) is 88.2 cm³/mol. The molecule has 1 unspecified atom stereocenters. The number of nitrogens with two attached hydrogens (primary N) is 1. The molecule has 0 bridgehead atoms. The molecule has 0 aromatic rings. The zero-order valence-corrected chi connectivity index (χ0v) is 14.6. The molecule has 0 aromatic carbocycles. The number of hydrogen-bond acceptors (Lipinski definition) is 4. The van der Waals surface area contributed by atoms with Crippen LogP contribution in [0.5, 0.6) is 0 Å². The van der Waals surface area contributed by atoms with Gasteiger partial charge in [0, 0.05) is 51.7 Å². The van der Waals surface area contributed by atoms with E-state index in [-0.39, 0.29) is 17.4 Å². The number of carbonyl (C=O) groups is 1. The van der Waals surface area contributed by atoms with Gasteiger partial charge in [0.05, 0.1) is 0 Å². The third-order valence-corrected chi connectivity index (χ3v) is 3.90. The van der Waals surface area contributed by atoms with Gasteiger partial charge in [0.25, 0.3) is 0 Å². The van der Waals surface area contributed by atoms with E-state index >= 15 is 0 Å². The van der Waals surface area contributed by atoms with Gasteiger partial charge in [-0.3, -0.25) is 9.69 Å². The monoisotopic (exact) mass is 298 g/mol. The maximum Gasteiger partial charge on any atom is 0.224 e. The molecule has 1 amide bonds. The van der Waals surface area contributed by atoms with Crippen molar-refractivity contribution >= 4 is 5.91 Å². The number of amides is 1. The van der Waals surface area contributed by atoms with Crippen LogP contribution in [-0.2, 0) is 4.79 Å². The maximum atomic E-state index is 12.3. The lowest BCUT2D eigenvalue weighted by Gasteiger charge is -2.36. The van der Waals surface area contributed by atoms with E-state index < -0.39 is 0 Å². The molecular formula is C16H34N4O. The Hall–Kier alpha value is -0.650. The minimum atomic E-state index is -0.0238. The van der Waals surface area contributed by atoms with Crippen LogP contribution in [-0.4, -0.2) is 80.0 Å². The summed E-state index contributed by atoms with van der Waals surface area (Å²) in [5.74, 6) is 0.221. The Bertz CT molecular complexity index is 317. The summed E-state index contributed by atoms with van der Waals surface area (Å²) in [6.07, 6.45) is 1.37. The van der Waals surface area contributed by atoms with Crippen LogP contribution >= 0.6 is 0 Å². The molecule has 1 heterocycles. The molecular weight excluding hydrogens is 264 g/mol. The highest BCUT2D eigenvalue weighted by molar-refractivity contribution is 5.76. The van der Waals surface area contributed by atoms with Crippen molar-refractivity contribution in [2.45, 2.75) is 39.7 Å². The molecule has 0 spiro atoms. The second-order valence-corrected chi connectivity index (χ2v) is 7.75. The second kappa shape index (κ2) is 8.11. The van der Waals surface area contributed by atoms with Crippen molar-refractivity contribution in [1.82, 2.24) is 14.7 Å².